The minimum absolute atomic E-state index is 0.506. The number of benzene rings is 2. The van der Waals surface area contributed by atoms with E-state index in [1.54, 1.807) is 12.2 Å². The van der Waals surface area contributed by atoms with Crippen molar-refractivity contribution in [2.75, 3.05) is 0 Å². The van der Waals surface area contributed by atoms with E-state index in [1.165, 1.54) is 0 Å². The number of nitrogens with zero attached hydrogens (tertiary/aromatic N) is 6. The Balaban J connectivity index is 1.72. The highest BCUT2D eigenvalue weighted by Crippen LogP contribution is 2.35. The normalized spacial score (nSPS) is 12.9. The summed E-state index contributed by atoms with van der Waals surface area (Å²) in [6, 6.07) is 16.0. The summed E-state index contributed by atoms with van der Waals surface area (Å²) >= 11 is 0. The number of aromatic nitrogens is 8. The highest BCUT2D eigenvalue weighted by Gasteiger charge is 2.22. The first kappa shape index (κ1) is 25.2. The highest BCUT2D eigenvalue weighted by atomic mass is 15.1. The molecule has 0 saturated carbocycles. The molecule has 0 radical (unpaired) electrons. The third kappa shape index (κ3) is 3.92. The number of hydrogen-bond donors (Lipinski definition) is 2. The molecule has 2 aromatic carbocycles. The molecule has 202 valence electrons. The fourth-order valence-corrected chi connectivity index (χ4v) is 5.39. The predicted octanol–water partition coefficient (Wildman–Crippen LogP) is 7.73. The van der Waals surface area contributed by atoms with Crippen LogP contribution in [0.4, 0.5) is 0 Å². The molecule has 2 aliphatic heterocycles. The zero-order chi connectivity index (χ0) is 28.8. The van der Waals surface area contributed by atoms with Gasteiger partial charge in [-0.1, -0.05) is 98.1 Å². The van der Waals surface area contributed by atoms with Gasteiger partial charge in [0.1, 0.15) is 22.6 Å². The molecule has 8 bridgehead atoms. The van der Waals surface area contributed by atoms with E-state index in [9.17, 15) is 0 Å². The Hall–Kier alpha value is -5.76. The van der Waals surface area contributed by atoms with Gasteiger partial charge in [0.05, 0.1) is 0 Å². The van der Waals surface area contributed by atoms with E-state index in [2.05, 4.69) is 23.1 Å². The van der Waals surface area contributed by atoms with E-state index in [1.807, 2.05) is 86.7 Å². The first-order valence-corrected chi connectivity index (χ1v) is 13.6. The van der Waals surface area contributed by atoms with Gasteiger partial charge in [0, 0.05) is 44.2 Å². The summed E-state index contributed by atoms with van der Waals surface area (Å²) in [6.07, 6.45) is 11.4. The molecule has 0 saturated heterocycles. The molecule has 0 fully saturated rings. The molecule has 5 aromatic rings. The predicted molar refractivity (Wildman–Crippen MR) is 171 cm³/mol. The summed E-state index contributed by atoms with van der Waals surface area (Å²) in [5.41, 5.74) is 7.56. The maximum Gasteiger partial charge on any atom is 0.164 e. The van der Waals surface area contributed by atoms with Gasteiger partial charge in [-0.25, -0.2) is 29.9 Å². The van der Waals surface area contributed by atoms with E-state index in [0.717, 1.165) is 44.2 Å². The Bertz CT molecular complexity index is 2210. The van der Waals surface area contributed by atoms with Crippen molar-refractivity contribution in [3.63, 3.8) is 0 Å². The Morgan fingerprint density at radius 3 is 1.64 bits per heavy atom. The number of H-pyrrole nitrogens is 2. The summed E-state index contributed by atoms with van der Waals surface area (Å²) in [7, 11) is 0. The average molecular weight is 547 g/mol. The molecule has 42 heavy (non-hydrogen) atoms. The molecule has 2 aliphatic rings. The number of allylic oxidation sites excluding steroid dienone is 6. The Kier molecular flexibility index (Phi) is 6.01. The van der Waals surface area contributed by atoms with Crippen LogP contribution in [0.15, 0.2) is 86.0 Å². The van der Waals surface area contributed by atoms with Crippen LogP contribution in [0.3, 0.4) is 0 Å². The fourth-order valence-electron chi connectivity index (χ4n) is 5.39. The second kappa shape index (κ2) is 10.0. The molecular formula is C34H26N8. The van der Waals surface area contributed by atoms with Crippen LogP contribution < -0.4 is 0 Å². The average Bonchev–Trinajstić information content (AvgIpc) is 3.72. The zero-order valence-electron chi connectivity index (χ0n) is 23.2. The van der Waals surface area contributed by atoms with Gasteiger partial charge in [-0.3, -0.25) is 0 Å². The Morgan fingerprint density at radius 1 is 0.524 bits per heavy atom. The first-order chi connectivity index (χ1) is 20.6. The lowest BCUT2D eigenvalue weighted by atomic mass is 10.1. The second-order valence-electron chi connectivity index (χ2n) is 9.76. The monoisotopic (exact) mass is 546 g/mol. The summed E-state index contributed by atoms with van der Waals surface area (Å²) in [5.74, 6) is 2.14. The molecule has 0 spiro atoms. The van der Waals surface area contributed by atoms with Crippen molar-refractivity contribution < 1.29 is 0 Å². The van der Waals surface area contributed by atoms with Crippen LogP contribution in [0.1, 0.15) is 36.6 Å². The third-order valence-electron chi connectivity index (χ3n) is 7.26. The van der Waals surface area contributed by atoms with Crippen molar-refractivity contribution in [3.8, 4) is 22.8 Å². The van der Waals surface area contributed by atoms with Crippen LogP contribution in [-0.4, -0.2) is 39.9 Å². The fraction of sp³-hybridized carbons (Fsp3) is 0.0588. The third-order valence-corrected chi connectivity index (χ3v) is 7.26. The molecule has 0 aliphatic carbocycles. The number of fused-ring (bicyclic) bond motifs is 14. The van der Waals surface area contributed by atoms with E-state index in [4.69, 9.17) is 29.9 Å². The summed E-state index contributed by atoms with van der Waals surface area (Å²) in [4.78, 5) is 36.6. The number of nitrogens with one attached hydrogen (secondary N) is 2. The molecule has 7 rings (SSSR count). The van der Waals surface area contributed by atoms with E-state index >= 15 is 0 Å². The molecular weight excluding hydrogens is 520 g/mol. The smallest absolute Gasteiger partial charge is 0.164 e. The minimum Gasteiger partial charge on any atom is -0.324 e. The van der Waals surface area contributed by atoms with Crippen molar-refractivity contribution in [3.05, 3.63) is 109 Å². The van der Waals surface area contributed by atoms with Gasteiger partial charge in [-0.2, -0.15) is 0 Å². The lowest BCUT2D eigenvalue weighted by Gasteiger charge is -1.97. The van der Waals surface area contributed by atoms with Crippen LogP contribution in [0.25, 0.3) is 79.4 Å². The molecule has 0 amide bonds. The quantitative estimate of drug-likeness (QED) is 0.234. The standard InChI is InChI=1S/C34H26N8/c1-5-13-21-19(7-3)28-36-29(21)35-27-20(8-4)22(14-6-2)30(37-27)39-32-25-17-11-12-18-26(25)34(41-32)42-33-24-16-10-9-15-23(24)31(38-28)40-33/h5-18H,3-4H2,1-2H3,(H2,35,36,37,38,39,40,41,42)/b13-5-,14-6-. The lowest BCUT2D eigenvalue weighted by Crippen LogP contribution is -1.87. The topological polar surface area (TPSA) is 109 Å². The molecule has 5 heterocycles. The van der Waals surface area contributed by atoms with Gasteiger partial charge in [0.2, 0.25) is 0 Å². The van der Waals surface area contributed by atoms with E-state index in [-0.39, 0.29) is 0 Å². The zero-order valence-corrected chi connectivity index (χ0v) is 23.2. The second-order valence-corrected chi connectivity index (χ2v) is 9.76. The van der Waals surface area contributed by atoms with E-state index < -0.39 is 0 Å². The summed E-state index contributed by atoms with van der Waals surface area (Å²) < 4.78 is 0. The van der Waals surface area contributed by atoms with Gasteiger partial charge in [0.25, 0.3) is 0 Å². The number of aromatic amines is 2. The molecule has 2 N–H and O–H groups in total. The van der Waals surface area contributed by atoms with Crippen molar-refractivity contribution in [2.24, 2.45) is 0 Å². The Labute approximate surface area is 241 Å². The molecule has 8 heteroatoms. The van der Waals surface area contributed by atoms with Gasteiger partial charge in [-0.15, -0.1) is 0 Å². The van der Waals surface area contributed by atoms with Gasteiger partial charge in [0.15, 0.2) is 23.3 Å². The summed E-state index contributed by atoms with van der Waals surface area (Å²) in [6.45, 7) is 12.1. The largest absolute Gasteiger partial charge is 0.324 e. The Morgan fingerprint density at radius 2 is 1.02 bits per heavy atom. The van der Waals surface area contributed by atoms with Crippen LogP contribution in [0.2, 0.25) is 0 Å². The van der Waals surface area contributed by atoms with Crippen LogP contribution in [0, 0.1) is 0 Å². The van der Waals surface area contributed by atoms with Gasteiger partial charge < -0.3 is 9.97 Å². The maximum atomic E-state index is 5.02. The van der Waals surface area contributed by atoms with Crippen LogP contribution in [0.5, 0.6) is 0 Å². The summed E-state index contributed by atoms with van der Waals surface area (Å²) in [5, 5.41) is 1.85. The molecule has 0 atom stereocenters. The van der Waals surface area contributed by atoms with Crippen molar-refractivity contribution >= 4 is 56.7 Å². The number of rotatable bonds is 4. The van der Waals surface area contributed by atoms with Crippen molar-refractivity contribution in [2.45, 2.75) is 13.8 Å². The first-order valence-electron chi connectivity index (χ1n) is 13.6. The van der Waals surface area contributed by atoms with Crippen molar-refractivity contribution in [1.82, 2.24) is 39.9 Å². The van der Waals surface area contributed by atoms with Gasteiger partial charge in [-0.05, 0) is 13.8 Å². The molecule has 3 aromatic heterocycles. The van der Waals surface area contributed by atoms with Crippen molar-refractivity contribution in [1.29, 1.82) is 0 Å². The molecule has 8 nitrogen and oxygen atoms in total. The minimum atomic E-state index is 0.506. The lowest BCUT2D eigenvalue weighted by molar-refractivity contribution is 1.12. The number of hydrogen-bond acceptors (Lipinski definition) is 6. The van der Waals surface area contributed by atoms with E-state index in [0.29, 0.717) is 45.9 Å². The highest BCUT2D eigenvalue weighted by molar-refractivity contribution is 6.05. The SMILES string of the molecule is C=CC1=C(/C=C\C)c2nc1nc1[nH]c(nc3nc(nc4[nH]c(n2)c(C=C)c4/C=C\C)-c2ccccc2-3)c2ccccc12. The van der Waals surface area contributed by atoms with Crippen LogP contribution in [-0.2, 0) is 0 Å². The van der Waals surface area contributed by atoms with Crippen LogP contribution >= 0.6 is 0 Å². The molecule has 0 unspecified atom stereocenters. The maximum absolute atomic E-state index is 5.02. The van der Waals surface area contributed by atoms with Gasteiger partial charge >= 0.3 is 0 Å².